The van der Waals surface area contributed by atoms with Crippen LogP contribution in [0.5, 0.6) is 0 Å². The zero-order valence-corrected chi connectivity index (χ0v) is 12.6. The Hall–Kier alpha value is -0.340. The molecule has 2 heteroatoms. The first-order chi connectivity index (χ1) is 8.72. The molecule has 0 heterocycles. The summed E-state index contributed by atoms with van der Waals surface area (Å²) in [6.45, 7) is 3.38. The van der Waals surface area contributed by atoms with Gasteiger partial charge in [-0.05, 0) is 61.6 Å². The molecule has 3 rings (SSSR count). The third-order valence-corrected chi connectivity index (χ3v) is 5.51. The van der Waals surface area contributed by atoms with Crippen LogP contribution in [-0.4, -0.2) is 6.04 Å². The minimum Gasteiger partial charge on any atom is -0.310 e. The van der Waals surface area contributed by atoms with Crippen molar-refractivity contribution in [2.45, 2.75) is 45.2 Å². The number of hydrogen-bond donors (Lipinski definition) is 1. The van der Waals surface area contributed by atoms with Gasteiger partial charge >= 0.3 is 0 Å². The molecule has 1 aromatic rings. The van der Waals surface area contributed by atoms with Crippen LogP contribution in [0, 0.1) is 17.8 Å². The molecular formula is C16H22BrN. The Morgan fingerprint density at radius 1 is 1.22 bits per heavy atom. The van der Waals surface area contributed by atoms with Gasteiger partial charge in [0.05, 0.1) is 0 Å². The van der Waals surface area contributed by atoms with Crippen LogP contribution in [0.15, 0.2) is 28.7 Å². The van der Waals surface area contributed by atoms with E-state index in [1.54, 1.807) is 0 Å². The van der Waals surface area contributed by atoms with E-state index >= 15 is 0 Å². The second kappa shape index (κ2) is 5.34. The van der Waals surface area contributed by atoms with Gasteiger partial charge in [0, 0.05) is 17.1 Å². The minimum atomic E-state index is 0.670. The normalized spacial score (nSPS) is 31.8. The molecule has 18 heavy (non-hydrogen) atoms. The summed E-state index contributed by atoms with van der Waals surface area (Å²) in [7, 11) is 0. The summed E-state index contributed by atoms with van der Waals surface area (Å²) in [6, 6.07) is 9.32. The molecule has 1 aromatic carbocycles. The third-order valence-electron chi connectivity index (χ3n) is 4.98. The topological polar surface area (TPSA) is 12.0 Å². The number of nitrogens with one attached hydrogen (secondary N) is 1. The quantitative estimate of drug-likeness (QED) is 0.871. The summed E-state index contributed by atoms with van der Waals surface area (Å²) in [6.07, 6.45) is 5.97. The SMILES string of the molecule is C[C@@H](NCc1ccc(Br)cc1)[C@@H]1C[C@H]2CC[C@H]1C2. The molecule has 2 bridgehead atoms. The molecule has 0 amide bonds. The Kier molecular flexibility index (Phi) is 3.76. The van der Waals surface area contributed by atoms with Crippen molar-refractivity contribution in [3.63, 3.8) is 0 Å². The van der Waals surface area contributed by atoms with Crippen molar-refractivity contribution in [1.82, 2.24) is 5.32 Å². The number of halogens is 1. The number of fused-ring (bicyclic) bond motifs is 2. The van der Waals surface area contributed by atoms with E-state index < -0.39 is 0 Å². The van der Waals surface area contributed by atoms with Crippen molar-refractivity contribution < 1.29 is 0 Å². The maximum atomic E-state index is 3.73. The van der Waals surface area contributed by atoms with Crippen LogP contribution >= 0.6 is 15.9 Å². The second-order valence-corrected chi connectivity index (χ2v) is 7.05. The molecule has 2 fully saturated rings. The fraction of sp³-hybridized carbons (Fsp3) is 0.625. The molecule has 0 saturated heterocycles. The van der Waals surface area contributed by atoms with E-state index in [0.717, 1.165) is 28.8 Å². The molecular weight excluding hydrogens is 286 g/mol. The largest absolute Gasteiger partial charge is 0.310 e. The van der Waals surface area contributed by atoms with Crippen LogP contribution in [0.1, 0.15) is 38.2 Å². The van der Waals surface area contributed by atoms with Gasteiger partial charge in [0.2, 0.25) is 0 Å². The molecule has 0 radical (unpaired) electrons. The first-order valence-corrected chi connectivity index (χ1v) is 7.99. The van der Waals surface area contributed by atoms with E-state index in [1.165, 1.54) is 31.2 Å². The van der Waals surface area contributed by atoms with Crippen LogP contribution in [0.4, 0.5) is 0 Å². The third kappa shape index (κ3) is 2.65. The molecule has 1 N–H and O–H groups in total. The zero-order chi connectivity index (χ0) is 12.5. The van der Waals surface area contributed by atoms with Gasteiger partial charge in [0.25, 0.3) is 0 Å². The first kappa shape index (κ1) is 12.7. The maximum absolute atomic E-state index is 3.73. The molecule has 2 saturated carbocycles. The fourth-order valence-corrected chi connectivity index (χ4v) is 4.20. The smallest absolute Gasteiger partial charge is 0.0208 e. The summed E-state index contributed by atoms with van der Waals surface area (Å²) in [5.41, 5.74) is 1.38. The van der Waals surface area contributed by atoms with Gasteiger partial charge in [-0.2, -0.15) is 0 Å². The summed E-state index contributed by atoms with van der Waals surface area (Å²) in [5.74, 6) is 3.00. The van der Waals surface area contributed by atoms with Gasteiger partial charge in [-0.15, -0.1) is 0 Å². The zero-order valence-electron chi connectivity index (χ0n) is 11.0. The lowest BCUT2D eigenvalue weighted by molar-refractivity contribution is 0.259. The van der Waals surface area contributed by atoms with Gasteiger partial charge < -0.3 is 5.32 Å². The standard InChI is InChI=1S/C16H22BrN/c1-11(16-9-13-2-5-14(16)8-13)18-10-12-3-6-15(17)7-4-12/h3-4,6-7,11,13-14,16,18H,2,5,8-10H2,1H3/t11-,13+,14+,16+/m1/s1. The number of benzene rings is 1. The van der Waals surface area contributed by atoms with Crippen molar-refractivity contribution >= 4 is 15.9 Å². The monoisotopic (exact) mass is 307 g/mol. The average molecular weight is 308 g/mol. The molecule has 2 aliphatic rings. The first-order valence-electron chi connectivity index (χ1n) is 7.20. The molecule has 0 unspecified atom stereocenters. The average Bonchev–Trinajstić information content (AvgIpc) is 3.00. The molecule has 0 aliphatic heterocycles. The molecule has 0 aromatic heterocycles. The van der Waals surface area contributed by atoms with Gasteiger partial charge in [-0.3, -0.25) is 0 Å². The van der Waals surface area contributed by atoms with Crippen molar-refractivity contribution in [1.29, 1.82) is 0 Å². The number of rotatable bonds is 4. The van der Waals surface area contributed by atoms with E-state index in [0.29, 0.717) is 6.04 Å². The highest BCUT2D eigenvalue weighted by Crippen LogP contribution is 2.49. The van der Waals surface area contributed by atoms with Crippen molar-refractivity contribution in [2.75, 3.05) is 0 Å². The van der Waals surface area contributed by atoms with Gasteiger partial charge in [-0.25, -0.2) is 0 Å². The van der Waals surface area contributed by atoms with Crippen LogP contribution < -0.4 is 5.32 Å². The molecule has 2 aliphatic carbocycles. The van der Waals surface area contributed by atoms with Gasteiger partial charge in [0.1, 0.15) is 0 Å². The summed E-state index contributed by atoms with van der Waals surface area (Å²) >= 11 is 3.48. The molecule has 1 nitrogen and oxygen atoms in total. The minimum absolute atomic E-state index is 0.670. The highest BCUT2D eigenvalue weighted by atomic mass is 79.9. The summed E-state index contributed by atoms with van der Waals surface area (Å²) < 4.78 is 1.16. The predicted molar refractivity (Wildman–Crippen MR) is 79.4 cm³/mol. The van der Waals surface area contributed by atoms with E-state index in [-0.39, 0.29) is 0 Å². The van der Waals surface area contributed by atoms with Crippen LogP contribution in [0.2, 0.25) is 0 Å². The molecule has 98 valence electrons. The van der Waals surface area contributed by atoms with E-state index in [9.17, 15) is 0 Å². The lowest BCUT2D eigenvalue weighted by Gasteiger charge is -2.28. The summed E-state index contributed by atoms with van der Waals surface area (Å²) in [4.78, 5) is 0. The Labute approximate surface area is 118 Å². The Bertz CT molecular complexity index is 400. The lowest BCUT2D eigenvalue weighted by atomic mass is 9.84. The van der Waals surface area contributed by atoms with Crippen molar-refractivity contribution in [3.8, 4) is 0 Å². The van der Waals surface area contributed by atoms with Crippen LogP contribution in [0.3, 0.4) is 0 Å². The van der Waals surface area contributed by atoms with Crippen molar-refractivity contribution in [3.05, 3.63) is 34.3 Å². The predicted octanol–water partition coefficient (Wildman–Crippen LogP) is 4.36. The Balaban J connectivity index is 1.52. The second-order valence-electron chi connectivity index (χ2n) is 6.13. The summed E-state index contributed by atoms with van der Waals surface area (Å²) in [5, 5.41) is 3.73. The highest BCUT2D eigenvalue weighted by Gasteiger charge is 2.41. The molecule has 0 spiro atoms. The Morgan fingerprint density at radius 2 is 2.00 bits per heavy atom. The maximum Gasteiger partial charge on any atom is 0.0208 e. The van der Waals surface area contributed by atoms with E-state index in [4.69, 9.17) is 0 Å². The van der Waals surface area contributed by atoms with Crippen molar-refractivity contribution in [2.24, 2.45) is 17.8 Å². The fourth-order valence-electron chi connectivity index (χ4n) is 3.94. The van der Waals surface area contributed by atoms with Crippen LogP contribution in [-0.2, 0) is 6.54 Å². The van der Waals surface area contributed by atoms with Crippen LogP contribution in [0.25, 0.3) is 0 Å². The van der Waals surface area contributed by atoms with E-state index in [1.807, 2.05) is 0 Å². The van der Waals surface area contributed by atoms with Gasteiger partial charge in [0.15, 0.2) is 0 Å². The highest BCUT2D eigenvalue weighted by molar-refractivity contribution is 9.10. The lowest BCUT2D eigenvalue weighted by Crippen LogP contribution is -2.35. The number of hydrogen-bond acceptors (Lipinski definition) is 1. The van der Waals surface area contributed by atoms with Gasteiger partial charge in [-0.1, -0.05) is 34.5 Å². The van der Waals surface area contributed by atoms with E-state index in [2.05, 4.69) is 52.4 Å². The Morgan fingerprint density at radius 3 is 2.61 bits per heavy atom. The molecule has 4 atom stereocenters.